The van der Waals surface area contributed by atoms with Gasteiger partial charge in [-0.2, -0.15) is 0 Å². The van der Waals surface area contributed by atoms with Crippen LogP contribution in [0.1, 0.15) is 37.3 Å². The molecule has 0 saturated carbocycles. The predicted molar refractivity (Wildman–Crippen MR) is 105 cm³/mol. The van der Waals surface area contributed by atoms with Crippen molar-refractivity contribution in [3.05, 3.63) is 82.7 Å². The Hall–Kier alpha value is -2.69. The second-order valence-corrected chi connectivity index (χ2v) is 7.15. The zero-order valence-corrected chi connectivity index (χ0v) is 16.3. The van der Waals surface area contributed by atoms with E-state index in [0.717, 1.165) is 55.5 Å². The molecule has 152 valence electrons. The molecule has 0 spiro atoms. The summed E-state index contributed by atoms with van der Waals surface area (Å²) in [6, 6.07) is 8.32. The van der Waals surface area contributed by atoms with E-state index in [1.165, 1.54) is 19.1 Å². The first-order chi connectivity index (χ1) is 13.8. The fraction of sp³-hybridized carbons (Fsp3) is 0.250. The third-order valence-corrected chi connectivity index (χ3v) is 5.03. The maximum atomic E-state index is 14.7. The third-order valence-electron chi connectivity index (χ3n) is 5.03. The molecule has 0 aromatic heterocycles. The van der Waals surface area contributed by atoms with Gasteiger partial charge in [-0.05, 0) is 66.8 Å². The maximum absolute atomic E-state index is 14.7. The second-order valence-electron chi connectivity index (χ2n) is 7.15. The average Bonchev–Trinajstić information content (AvgIpc) is 2.65. The molecule has 3 rings (SSSR count). The second kappa shape index (κ2) is 8.76. The van der Waals surface area contributed by atoms with E-state index in [2.05, 4.69) is 6.92 Å². The highest BCUT2D eigenvalue weighted by atomic mass is 19.1. The van der Waals surface area contributed by atoms with Crippen molar-refractivity contribution in [2.24, 2.45) is 0 Å². The van der Waals surface area contributed by atoms with E-state index in [-0.39, 0.29) is 22.3 Å². The van der Waals surface area contributed by atoms with Crippen LogP contribution < -0.4 is 0 Å². The molecule has 0 aliphatic rings. The lowest BCUT2D eigenvalue weighted by Crippen LogP contribution is -1.97. The molecule has 0 aliphatic heterocycles. The van der Waals surface area contributed by atoms with Crippen LogP contribution in [-0.2, 0) is 6.42 Å². The number of rotatable bonds is 6. The molecule has 0 amide bonds. The number of benzene rings is 3. The van der Waals surface area contributed by atoms with Crippen LogP contribution in [0, 0.1) is 36.0 Å². The third kappa shape index (κ3) is 4.50. The number of halogens is 5. The first kappa shape index (κ1) is 21.0. The van der Waals surface area contributed by atoms with Gasteiger partial charge in [0.1, 0.15) is 29.1 Å². The number of unbranched alkanes of at least 4 members (excludes halogenated alkanes) is 2. The van der Waals surface area contributed by atoms with Crippen LogP contribution >= 0.6 is 0 Å². The van der Waals surface area contributed by atoms with Gasteiger partial charge in [-0.25, -0.2) is 22.0 Å². The molecule has 0 nitrogen and oxygen atoms in total. The van der Waals surface area contributed by atoms with Gasteiger partial charge >= 0.3 is 0 Å². The van der Waals surface area contributed by atoms with Crippen molar-refractivity contribution in [3.8, 4) is 22.3 Å². The quantitative estimate of drug-likeness (QED) is 0.291. The molecule has 3 aromatic rings. The van der Waals surface area contributed by atoms with E-state index in [0.29, 0.717) is 0 Å². The van der Waals surface area contributed by atoms with Gasteiger partial charge in [-0.3, -0.25) is 0 Å². The summed E-state index contributed by atoms with van der Waals surface area (Å²) in [5, 5.41) is 0. The van der Waals surface area contributed by atoms with Gasteiger partial charge in [0.05, 0.1) is 5.56 Å². The SMILES string of the molecule is CCCCCc1ccc(-c2cc(F)c(-c3cc(F)c(C)c(F)c3)c(F)c2)c(F)c1. The maximum Gasteiger partial charge on any atom is 0.134 e. The molecule has 29 heavy (non-hydrogen) atoms. The van der Waals surface area contributed by atoms with Crippen LogP contribution in [0.5, 0.6) is 0 Å². The highest BCUT2D eigenvalue weighted by Gasteiger charge is 2.18. The monoisotopic (exact) mass is 404 g/mol. The topological polar surface area (TPSA) is 0 Å². The van der Waals surface area contributed by atoms with Crippen LogP contribution in [0.4, 0.5) is 22.0 Å². The molecule has 5 heteroatoms. The van der Waals surface area contributed by atoms with Crippen LogP contribution in [0.2, 0.25) is 0 Å². The van der Waals surface area contributed by atoms with Crippen LogP contribution in [0.15, 0.2) is 42.5 Å². The lowest BCUT2D eigenvalue weighted by atomic mass is 9.96. The standard InChI is InChI=1S/C24H21F5/c1-3-4-5-6-15-7-8-18(21(27)9-15)16-10-22(28)24(23(29)11-16)17-12-19(25)14(2)20(26)13-17/h7-13H,3-6H2,1-2H3. The van der Waals surface area contributed by atoms with Gasteiger partial charge in [0.25, 0.3) is 0 Å². The van der Waals surface area contributed by atoms with E-state index in [4.69, 9.17) is 0 Å². The predicted octanol–water partition coefficient (Wildman–Crippen LogP) is 7.76. The largest absolute Gasteiger partial charge is 0.207 e. The zero-order valence-electron chi connectivity index (χ0n) is 16.3. The Balaban J connectivity index is 1.98. The van der Waals surface area contributed by atoms with Crippen molar-refractivity contribution in [2.45, 2.75) is 39.5 Å². The molecular formula is C24H21F5. The number of aryl methyl sites for hydroxylation is 1. The number of hydrogen-bond donors (Lipinski definition) is 0. The number of hydrogen-bond acceptors (Lipinski definition) is 0. The molecular weight excluding hydrogens is 383 g/mol. The van der Waals surface area contributed by atoms with E-state index < -0.39 is 34.6 Å². The molecule has 0 aliphatic carbocycles. The minimum Gasteiger partial charge on any atom is -0.207 e. The summed E-state index contributed by atoms with van der Waals surface area (Å²) in [5.74, 6) is -4.40. The lowest BCUT2D eigenvalue weighted by molar-refractivity contribution is 0.566. The first-order valence-electron chi connectivity index (χ1n) is 9.55. The van der Waals surface area contributed by atoms with E-state index in [1.807, 2.05) is 0 Å². The summed E-state index contributed by atoms with van der Waals surface area (Å²) in [5.41, 5.74) is -0.124. The van der Waals surface area contributed by atoms with E-state index >= 15 is 0 Å². The average molecular weight is 404 g/mol. The molecule has 0 saturated heterocycles. The van der Waals surface area contributed by atoms with Crippen molar-refractivity contribution in [1.29, 1.82) is 0 Å². The molecule has 0 fully saturated rings. The normalized spacial score (nSPS) is 11.1. The van der Waals surface area contributed by atoms with Crippen molar-refractivity contribution in [1.82, 2.24) is 0 Å². The summed E-state index contributed by atoms with van der Waals surface area (Å²) in [7, 11) is 0. The Kier molecular flexibility index (Phi) is 6.36. The van der Waals surface area contributed by atoms with Crippen molar-refractivity contribution >= 4 is 0 Å². The molecule has 0 radical (unpaired) electrons. The molecule has 3 aromatic carbocycles. The smallest absolute Gasteiger partial charge is 0.134 e. The van der Waals surface area contributed by atoms with Gasteiger partial charge in [-0.15, -0.1) is 0 Å². The highest BCUT2D eigenvalue weighted by molar-refractivity contribution is 5.72. The Bertz CT molecular complexity index is 993. The van der Waals surface area contributed by atoms with Crippen LogP contribution in [0.3, 0.4) is 0 Å². The minimum atomic E-state index is -1.02. The van der Waals surface area contributed by atoms with Gasteiger partial charge in [0.2, 0.25) is 0 Å². The van der Waals surface area contributed by atoms with Crippen molar-refractivity contribution < 1.29 is 22.0 Å². The minimum absolute atomic E-state index is 0.0226. The Labute approximate surface area is 167 Å². The molecule has 0 atom stereocenters. The van der Waals surface area contributed by atoms with E-state index in [9.17, 15) is 22.0 Å². The van der Waals surface area contributed by atoms with Gasteiger partial charge in [-0.1, -0.05) is 31.9 Å². The van der Waals surface area contributed by atoms with Gasteiger partial charge in [0, 0.05) is 11.1 Å². The Morgan fingerprint density at radius 2 is 1.24 bits per heavy atom. The van der Waals surface area contributed by atoms with Crippen molar-refractivity contribution in [3.63, 3.8) is 0 Å². The summed E-state index contributed by atoms with van der Waals surface area (Å²) in [6.07, 6.45) is 3.77. The van der Waals surface area contributed by atoms with Gasteiger partial charge in [0.15, 0.2) is 0 Å². The zero-order chi connectivity index (χ0) is 21.1. The van der Waals surface area contributed by atoms with Crippen LogP contribution in [-0.4, -0.2) is 0 Å². The summed E-state index contributed by atoms with van der Waals surface area (Å²) in [4.78, 5) is 0. The Morgan fingerprint density at radius 3 is 1.79 bits per heavy atom. The molecule has 0 unspecified atom stereocenters. The fourth-order valence-corrected chi connectivity index (χ4v) is 3.32. The van der Waals surface area contributed by atoms with Crippen molar-refractivity contribution in [2.75, 3.05) is 0 Å². The summed E-state index contributed by atoms with van der Waals surface area (Å²) >= 11 is 0. The summed E-state index contributed by atoms with van der Waals surface area (Å²) in [6.45, 7) is 3.31. The fourth-order valence-electron chi connectivity index (χ4n) is 3.32. The summed E-state index contributed by atoms with van der Waals surface area (Å²) < 4.78 is 71.5. The molecule has 0 N–H and O–H groups in total. The lowest BCUT2D eigenvalue weighted by Gasteiger charge is -2.11. The van der Waals surface area contributed by atoms with E-state index in [1.54, 1.807) is 6.07 Å². The molecule has 0 bridgehead atoms. The Morgan fingerprint density at radius 1 is 0.655 bits per heavy atom. The molecule has 0 heterocycles. The highest BCUT2D eigenvalue weighted by Crippen LogP contribution is 2.33. The van der Waals surface area contributed by atoms with Gasteiger partial charge < -0.3 is 0 Å². The van der Waals surface area contributed by atoms with Crippen LogP contribution in [0.25, 0.3) is 22.3 Å². The first-order valence-corrected chi connectivity index (χ1v) is 9.55.